The number of hydrogen-bond acceptors (Lipinski definition) is 4. The fourth-order valence-electron chi connectivity index (χ4n) is 0.801. The molecule has 1 rings (SSSR count). The van der Waals surface area contributed by atoms with Crippen LogP contribution in [0.25, 0.3) is 0 Å². The quantitative estimate of drug-likeness (QED) is 0.691. The molecule has 2 N–H and O–H groups in total. The SMILES string of the molecule is Cc1nnc(CC(C)CN)o1. The third-order valence-corrected chi connectivity index (χ3v) is 1.49. The van der Waals surface area contributed by atoms with E-state index < -0.39 is 0 Å². The van der Waals surface area contributed by atoms with Crippen LogP contribution in [0, 0.1) is 12.8 Å². The number of aromatic nitrogens is 2. The molecule has 0 fully saturated rings. The van der Waals surface area contributed by atoms with Gasteiger partial charge in [-0.05, 0) is 12.5 Å². The minimum Gasteiger partial charge on any atom is -0.426 e. The Morgan fingerprint density at radius 2 is 2.27 bits per heavy atom. The van der Waals surface area contributed by atoms with Crippen molar-refractivity contribution in [1.82, 2.24) is 10.2 Å². The number of aryl methyl sites for hydroxylation is 1. The zero-order chi connectivity index (χ0) is 8.27. The van der Waals surface area contributed by atoms with Gasteiger partial charge in [-0.15, -0.1) is 10.2 Å². The van der Waals surface area contributed by atoms with E-state index in [-0.39, 0.29) is 0 Å². The third kappa shape index (κ3) is 2.31. The maximum atomic E-state index is 5.44. The monoisotopic (exact) mass is 155 g/mol. The summed E-state index contributed by atoms with van der Waals surface area (Å²) < 4.78 is 5.18. The molecule has 0 saturated carbocycles. The van der Waals surface area contributed by atoms with Gasteiger partial charge in [0.05, 0.1) is 0 Å². The fraction of sp³-hybridized carbons (Fsp3) is 0.714. The predicted octanol–water partition coefficient (Wildman–Crippen LogP) is 0.515. The highest BCUT2D eigenvalue weighted by atomic mass is 16.4. The van der Waals surface area contributed by atoms with Crippen molar-refractivity contribution in [3.63, 3.8) is 0 Å². The van der Waals surface area contributed by atoms with Crippen LogP contribution in [0.1, 0.15) is 18.7 Å². The van der Waals surface area contributed by atoms with Gasteiger partial charge in [0.25, 0.3) is 0 Å². The van der Waals surface area contributed by atoms with Crippen LogP contribution in [0.15, 0.2) is 4.42 Å². The van der Waals surface area contributed by atoms with Crippen molar-refractivity contribution in [2.24, 2.45) is 11.7 Å². The van der Waals surface area contributed by atoms with Gasteiger partial charge in [0.1, 0.15) is 0 Å². The Bertz CT molecular complexity index is 221. The Hall–Kier alpha value is -0.900. The molecule has 0 spiro atoms. The summed E-state index contributed by atoms with van der Waals surface area (Å²) in [6.07, 6.45) is 0.775. The third-order valence-electron chi connectivity index (χ3n) is 1.49. The van der Waals surface area contributed by atoms with E-state index in [9.17, 15) is 0 Å². The summed E-state index contributed by atoms with van der Waals surface area (Å²) in [7, 11) is 0. The molecule has 62 valence electrons. The lowest BCUT2D eigenvalue weighted by Crippen LogP contribution is -2.13. The summed E-state index contributed by atoms with van der Waals surface area (Å²) in [5.41, 5.74) is 5.44. The molecule has 0 amide bonds. The van der Waals surface area contributed by atoms with Gasteiger partial charge in [0.2, 0.25) is 11.8 Å². The van der Waals surface area contributed by atoms with Crippen molar-refractivity contribution in [3.05, 3.63) is 11.8 Å². The van der Waals surface area contributed by atoms with Crippen LogP contribution in [-0.4, -0.2) is 16.7 Å². The van der Waals surface area contributed by atoms with Gasteiger partial charge in [0, 0.05) is 13.3 Å². The van der Waals surface area contributed by atoms with Crippen LogP contribution in [0.3, 0.4) is 0 Å². The summed E-state index contributed by atoms with van der Waals surface area (Å²) in [5, 5.41) is 7.58. The predicted molar refractivity (Wildman–Crippen MR) is 41.0 cm³/mol. The summed E-state index contributed by atoms with van der Waals surface area (Å²) in [4.78, 5) is 0. The molecule has 0 aliphatic heterocycles. The second-order valence-corrected chi connectivity index (χ2v) is 2.76. The first-order chi connectivity index (χ1) is 5.22. The molecule has 0 aliphatic rings. The Labute approximate surface area is 65.8 Å². The summed E-state index contributed by atoms with van der Waals surface area (Å²) in [6, 6.07) is 0. The van der Waals surface area contributed by atoms with Crippen molar-refractivity contribution in [2.75, 3.05) is 6.54 Å². The zero-order valence-electron chi connectivity index (χ0n) is 6.87. The van der Waals surface area contributed by atoms with Gasteiger partial charge in [-0.25, -0.2) is 0 Å². The van der Waals surface area contributed by atoms with Crippen molar-refractivity contribution in [3.8, 4) is 0 Å². The second kappa shape index (κ2) is 3.48. The first-order valence-corrected chi connectivity index (χ1v) is 3.71. The van der Waals surface area contributed by atoms with Gasteiger partial charge < -0.3 is 10.2 Å². The second-order valence-electron chi connectivity index (χ2n) is 2.76. The van der Waals surface area contributed by atoms with Crippen molar-refractivity contribution < 1.29 is 4.42 Å². The average molecular weight is 155 g/mol. The topological polar surface area (TPSA) is 64.9 Å². The van der Waals surface area contributed by atoms with Gasteiger partial charge in [-0.3, -0.25) is 0 Å². The highest BCUT2D eigenvalue weighted by molar-refractivity contribution is 4.80. The Balaban J connectivity index is 2.50. The minimum absolute atomic E-state index is 0.412. The molecule has 1 aromatic heterocycles. The van der Waals surface area contributed by atoms with Crippen molar-refractivity contribution >= 4 is 0 Å². The molecule has 0 bridgehead atoms. The van der Waals surface area contributed by atoms with Crippen molar-refractivity contribution in [1.29, 1.82) is 0 Å². The molecular weight excluding hydrogens is 142 g/mol. The van der Waals surface area contributed by atoms with Crippen LogP contribution >= 0.6 is 0 Å². The largest absolute Gasteiger partial charge is 0.426 e. The molecule has 1 unspecified atom stereocenters. The van der Waals surface area contributed by atoms with Gasteiger partial charge in [0.15, 0.2) is 0 Å². The summed E-state index contributed by atoms with van der Waals surface area (Å²) in [6.45, 7) is 4.49. The van der Waals surface area contributed by atoms with Crippen LogP contribution in [0.5, 0.6) is 0 Å². The van der Waals surface area contributed by atoms with Crippen molar-refractivity contribution in [2.45, 2.75) is 20.3 Å². The molecule has 0 aliphatic carbocycles. The average Bonchev–Trinajstić information content (AvgIpc) is 2.35. The maximum absolute atomic E-state index is 5.44. The highest BCUT2D eigenvalue weighted by Crippen LogP contribution is 2.04. The molecule has 4 nitrogen and oxygen atoms in total. The molecule has 11 heavy (non-hydrogen) atoms. The van der Waals surface area contributed by atoms with Gasteiger partial charge >= 0.3 is 0 Å². The highest BCUT2D eigenvalue weighted by Gasteiger charge is 2.06. The number of nitrogens with two attached hydrogens (primary N) is 1. The fourth-order valence-corrected chi connectivity index (χ4v) is 0.801. The van der Waals surface area contributed by atoms with E-state index >= 15 is 0 Å². The van der Waals surface area contributed by atoms with Crippen LogP contribution in [0.4, 0.5) is 0 Å². The van der Waals surface area contributed by atoms with E-state index in [1.54, 1.807) is 6.92 Å². The zero-order valence-corrected chi connectivity index (χ0v) is 6.87. The number of nitrogens with zero attached hydrogens (tertiary/aromatic N) is 2. The first-order valence-electron chi connectivity index (χ1n) is 3.71. The molecule has 1 atom stereocenters. The molecule has 0 saturated heterocycles. The lowest BCUT2D eigenvalue weighted by Gasteiger charge is -2.01. The van der Waals surface area contributed by atoms with E-state index in [4.69, 9.17) is 10.2 Å². The first kappa shape index (κ1) is 8.20. The standard InChI is InChI=1S/C7H13N3O/c1-5(4-8)3-7-10-9-6(2)11-7/h5H,3-4,8H2,1-2H3. The van der Waals surface area contributed by atoms with E-state index in [2.05, 4.69) is 17.1 Å². The number of hydrogen-bond donors (Lipinski definition) is 1. The Morgan fingerprint density at radius 3 is 2.73 bits per heavy atom. The molecular formula is C7H13N3O. The van der Waals surface area contributed by atoms with E-state index in [1.807, 2.05) is 0 Å². The normalized spacial score (nSPS) is 13.4. The maximum Gasteiger partial charge on any atom is 0.216 e. The summed E-state index contributed by atoms with van der Waals surface area (Å²) in [5.74, 6) is 1.71. The molecule has 0 radical (unpaired) electrons. The number of rotatable bonds is 3. The van der Waals surface area contributed by atoms with Crippen LogP contribution in [0.2, 0.25) is 0 Å². The molecule has 1 heterocycles. The Morgan fingerprint density at radius 1 is 1.55 bits per heavy atom. The van der Waals surface area contributed by atoms with E-state index in [0.29, 0.717) is 24.2 Å². The smallest absolute Gasteiger partial charge is 0.216 e. The lowest BCUT2D eigenvalue weighted by atomic mass is 10.1. The Kier molecular flexibility index (Phi) is 2.59. The lowest BCUT2D eigenvalue weighted by molar-refractivity contribution is 0.430. The van der Waals surface area contributed by atoms with Crippen LogP contribution in [-0.2, 0) is 6.42 Å². The molecule has 0 aromatic carbocycles. The van der Waals surface area contributed by atoms with E-state index in [0.717, 1.165) is 6.42 Å². The summed E-state index contributed by atoms with van der Waals surface area (Å²) >= 11 is 0. The molecule has 4 heteroatoms. The van der Waals surface area contributed by atoms with Crippen LogP contribution < -0.4 is 5.73 Å². The van der Waals surface area contributed by atoms with Gasteiger partial charge in [-0.2, -0.15) is 0 Å². The molecule has 1 aromatic rings. The van der Waals surface area contributed by atoms with E-state index in [1.165, 1.54) is 0 Å². The van der Waals surface area contributed by atoms with Gasteiger partial charge in [-0.1, -0.05) is 6.92 Å². The minimum atomic E-state index is 0.412.